The van der Waals surface area contributed by atoms with E-state index in [1.807, 2.05) is 13.8 Å². The van der Waals surface area contributed by atoms with Crippen LogP contribution in [-0.4, -0.2) is 9.97 Å². The van der Waals surface area contributed by atoms with Crippen molar-refractivity contribution in [3.8, 4) is 0 Å². The van der Waals surface area contributed by atoms with E-state index in [2.05, 4.69) is 72.3 Å². The summed E-state index contributed by atoms with van der Waals surface area (Å²) >= 11 is 0. The van der Waals surface area contributed by atoms with E-state index in [9.17, 15) is 0 Å². The van der Waals surface area contributed by atoms with E-state index in [1.54, 1.807) is 6.33 Å². The highest BCUT2D eigenvalue weighted by Gasteiger charge is 2.18. The van der Waals surface area contributed by atoms with Crippen molar-refractivity contribution in [3.05, 3.63) is 23.3 Å². The van der Waals surface area contributed by atoms with Crippen LogP contribution in [0.1, 0.15) is 111 Å². The second kappa shape index (κ2) is 11.7. The standard InChI is InChI=1S/C13H22N2.C4H10.C2H6/c1-8(2)11-12(9(3)4)14-7-15-13(11)10(5)6;1-4(2)3;1-2/h7-10H,1-6H3;4H,1-3H3;1-2H3. The summed E-state index contributed by atoms with van der Waals surface area (Å²) in [6.07, 6.45) is 1.70. The summed E-state index contributed by atoms with van der Waals surface area (Å²) in [4.78, 5) is 8.86. The van der Waals surface area contributed by atoms with Crippen molar-refractivity contribution in [3.63, 3.8) is 0 Å². The van der Waals surface area contributed by atoms with Gasteiger partial charge in [0, 0.05) is 0 Å². The summed E-state index contributed by atoms with van der Waals surface area (Å²) in [5.74, 6) is 2.28. The van der Waals surface area contributed by atoms with Gasteiger partial charge in [0.2, 0.25) is 0 Å². The van der Waals surface area contributed by atoms with Gasteiger partial charge in [0.15, 0.2) is 0 Å². The monoisotopic (exact) mass is 294 g/mol. The molecule has 0 amide bonds. The predicted molar refractivity (Wildman–Crippen MR) is 96.2 cm³/mol. The zero-order valence-corrected chi connectivity index (χ0v) is 16.3. The molecule has 0 fully saturated rings. The van der Waals surface area contributed by atoms with Gasteiger partial charge in [0.25, 0.3) is 0 Å². The molecule has 1 rings (SSSR count). The van der Waals surface area contributed by atoms with Gasteiger partial charge in [-0.3, -0.25) is 0 Å². The lowest BCUT2D eigenvalue weighted by atomic mass is 9.90. The summed E-state index contributed by atoms with van der Waals surface area (Å²) in [6, 6.07) is 0. The van der Waals surface area contributed by atoms with Crippen molar-refractivity contribution in [1.82, 2.24) is 9.97 Å². The van der Waals surface area contributed by atoms with E-state index in [-0.39, 0.29) is 0 Å². The average molecular weight is 295 g/mol. The molecule has 0 radical (unpaired) electrons. The molecule has 21 heavy (non-hydrogen) atoms. The first kappa shape index (κ1) is 22.4. The van der Waals surface area contributed by atoms with Crippen LogP contribution in [0.15, 0.2) is 6.33 Å². The van der Waals surface area contributed by atoms with Gasteiger partial charge >= 0.3 is 0 Å². The highest BCUT2D eigenvalue weighted by molar-refractivity contribution is 5.31. The van der Waals surface area contributed by atoms with Crippen molar-refractivity contribution in [2.45, 2.75) is 93.9 Å². The number of aromatic nitrogens is 2. The molecular formula is C19H38N2. The number of hydrogen-bond donors (Lipinski definition) is 0. The summed E-state index contributed by atoms with van der Waals surface area (Å²) < 4.78 is 0. The topological polar surface area (TPSA) is 25.8 Å². The Labute approximate surface area is 133 Å². The smallest absolute Gasteiger partial charge is 0.115 e. The van der Waals surface area contributed by atoms with Gasteiger partial charge in [0.1, 0.15) is 6.33 Å². The Balaban J connectivity index is 0. The summed E-state index contributed by atoms with van der Waals surface area (Å²) in [5, 5.41) is 0. The Kier molecular flexibility index (Phi) is 12.5. The van der Waals surface area contributed by atoms with Gasteiger partial charge < -0.3 is 0 Å². The fourth-order valence-electron chi connectivity index (χ4n) is 1.94. The lowest BCUT2D eigenvalue weighted by Crippen LogP contribution is -2.09. The third-order valence-electron chi connectivity index (χ3n) is 2.62. The molecule has 0 aliphatic rings. The van der Waals surface area contributed by atoms with Gasteiger partial charge in [-0.05, 0) is 29.2 Å². The van der Waals surface area contributed by atoms with Gasteiger partial charge in [-0.2, -0.15) is 0 Å². The molecular weight excluding hydrogens is 256 g/mol. The maximum absolute atomic E-state index is 4.43. The van der Waals surface area contributed by atoms with Crippen molar-refractivity contribution in [2.75, 3.05) is 0 Å². The SMILES string of the molecule is CC.CC(C)C.CC(C)c1ncnc(C(C)C)c1C(C)C. The molecule has 1 aromatic rings. The van der Waals surface area contributed by atoms with Gasteiger partial charge in [0.05, 0.1) is 11.4 Å². The minimum atomic E-state index is 0.475. The molecule has 1 aromatic heterocycles. The minimum Gasteiger partial charge on any atom is -0.241 e. The van der Waals surface area contributed by atoms with Crippen molar-refractivity contribution in [2.24, 2.45) is 5.92 Å². The maximum Gasteiger partial charge on any atom is 0.115 e. The van der Waals surface area contributed by atoms with E-state index in [1.165, 1.54) is 17.0 Å². The second-order valence-electron chi connectivity index (χ2n) is 6.75. The fraction of sp³-hybridized carbons (Fsp3) is 0.789. The first-order chi connectivity index (χ1) is 9.68. The first-order valence-electron chi connectivity index (χ1n) is 8.53. The molecule has 0 saturated heterocycles. The van der Waals surface area contributed by atoms with E-state index < -0.39 is 0 Å². The average Bonchev–Trinajstić information content (AvgIpc) is 2.39. The molecule has 2 heteroatoms. The first-order valence-corrected chi connectivity index (χ1v) is 8.53. The van der Waals surface area contributed by atoms with Crippen LogP contribution in [0.4, 0.5) is 0 Å². The molecule has 0 N–H and O–H groups in total. The van der Waals surface area contributed by atoms with Crippen LogP contribution in [-0.2, 0) is 0 Å². The Morgan fingerprint density at radius 3 is 1.10 bits per heavy atom. The second-order valence-corrected chi connectivity index (χ2v) is 6.75. The van der Waals surface area contributed by atoms with E-state index in [4.69, 9.17) is 0 Å². The Hall–Kier alpha value is -0.920. The van der Waals surface area contributed by atoms with Crippen molar-refractivity contribution < 1.29 is 0 Å². The predicted octanol–water partition coefficient (Wildman–Crippen LogP) is 6.54. The minimum absolute atomic E-state index is 0.475. The van der Waals surface area contributed by atoms with Crippen molar-refractivity contribution in [1.29, 1.82) is 0 Å². The summed E-state index contributed by atoms with van der Waals surface area (Å²) in [7, 11) is 0. The Bertz CT molecular complexity index is 337. The highest BCUT2D eigenvalue weighted by Crippen LogP contribution is 2.29. The number of rotatable bonds is 3. The molecule has 124 valence electrons. The van der Waals surface area contributed by atoms with Crippen molar-refractivity contribution >= 4 is 0 Å². The quantitative estimate of drug-likeness (QED) is 0.633. The normalized spacial score (nSPS) is 10.4. The van der Waals surface area contributed by atoms with Crippen LogP contribution in [0.5, 0.6) is 0 Å². The van der Waals surface area contributed by atoms with Crippen LogP contribution in [0.25, 0.3) is 0 Å². The third kappa shape index (κ3) is 8.85. The van der Waals surface area contributed by atoms with Crippen LogP contribution in [0.2, 0.25) is 0 Å². The molecule has 0 aromatic carbocycles. The van der Waals surface area contributed by atoms with Crippen LogP contribution in [0.3, 0.4) is 0 Å². The van der Waals surface area contributed by atoms with Crippen LogP contribution in [0, 0.1) is 5.92 Å². The fourth-order valence-corrected chi connectivity index (χ4v) is 1.94. The van der Waals surface area contributed by atoms with Gasteiger partial charge in [-0.1, -0.05) is 76.2 Å². The zero-order valence-electron chi connectivity index (χ0n) is 16.3. The molecule has 0 aliphatic carbocycles. The lowest BCUT2D eigenvalue weighted by molar-refractivity contribution is 0.696. The Morgan fingerprint density at radius 1 is 0.619 bits per heavy atom. The molecule has 0 spiro atoms. The highest BCUT2D eigenvalue weighted by atomic mass is 14.9. The lowest BCUT2D eigenvalue weighted by Gasteiger charge is -2.19. The molecule has 0 saturated carbocycles. The molecule has 2 nitrogen and oxygen atoms in total. The molecule has 0 aliphatic heterocycles. The third-order valence-corrected chi connectivity index (χ3v) is 2.62. The van der Waals surface area contributed by atoms with Gasteiger partial charge in [-0.15, -0.1) is 0 Å². The zero-order chi connectivity index (χ0) is 17.2. The maximum atomic E-state index is 4.43. The summed E-state index contributed by atoms with van der Waals surface area (Å²) in [6.45, 7) is 23.7. The van der Waals surface area contributed by atoms with Crippen LogP contribution >= 0.6 is 0 Å². The molecule has 0 unspecified atom stereocenters. The van der Waals surface area contributed by atoms with Gasteiger partial charge in [-0.25, -0.2) is 9.97 Å². The Morgan fingerprint density at radius 2 is 0.905 bits per heavy atom. The number of nitrogens with zero attached hydrogens (tertiary/aromatic N) is 2. The van der Waals surface area contributed by atoms with E-state index in [0.717, 1.165) is 5.92 Å². The summed E-state index contributed by atoms with van der Waals surface area (Å²) in [5.41, 5.74) is 3.77. The van der Waals surface area contributed by atoms with E-state index >= 15 is 0 Å². The molecule has 0 atom stereocenters. The largest absolute Gasteiger partial charge is 0.241 e. The molecule has 0 bridgehead atoms. The van der Waals surface area contributed by atoms with E-state index in [0.29, 0.717) is 17.8 Å². The molecule has 1 heterocycles. The van der Waals surface area contributed by atoms with Crippen LogP contribution < -0.4 is 0 Å². The number of hydrogen-bond acceptors (Lipinski definition) is 2.